The van der Waals surface area contributed by atoms with Gasteiger partial charge in [0.15, 0.2) is 0 Å². The maximum absolute atomic E-state index is 13.6. The Bertz CT molecular complexity index is 1040. The molecular formula is C27H33FN2O3S2. The number of carbonyl (C=O) groups is 2. The van der Waals surface area contributed by atoms with E-state index >= 15 is 0 Å². The number of ether oxygens (including phenoxy) is 1. The van der Waals surface area contributed by atoms with Gasteiger partial charge in [0.1, 0.15) is 11.9 Å². The fourth-order valence-corrected chi connectivity index (χ4v) is 4.69. The van der Waals surface area contributed by atoms with E-state index in [1.807, 2.05) is 24.5 Å². The molecule has 1 unspecified atom stereocenters. The number of rotatable bonds is 10. The van der Waals surface area contributed by atoms with E-state index in [2.05, 4.69) is 29.3 Å². The molecule has 0 saturated carbocycles. The first kappa shape index (κ1) is 27.3. The van der Waals surface area contributed by atoms with Crippen LogP contribution in [0.15, 0.2) is 48.5 Å². The fraction of sp³-hybridized carbons (Fsp3) is 0.407. The van der Waals surface area contributed by atoms with Crippen LogP contribution in [-0.2, 0) is 9.53 Å². The number of thioether (sulfide) groups is 1. The van der Waals surface area contributed by atoms with E-state index in [1.165, 1.54) is 12.1 Å². The Labute approximate surface area is 216 Å². The molecule has 8 heteroatoms. The first-order valence-electron chi connectivity index (χ1n) is 11.8. The summed E-state index contributed by atoms with van der Waals surface area (Å²) in [5.74, 6) is -0.466. The Morgan fingerprint density at radius 2 is 2.00 bits per heavy atom. The van der Waals surface area contributed by atoms with Gasteiger partial charge in [0.2, 0.25) is 0 Å². The topological polar surface area (TPSA) is 67.4 Å². The predicted molar refractivity (Wildman–Crippen MR) is 146 cm³/mol. The molecule has 0 spiro atoms. The molecule has 1 aliphatic heterocycles. The quantitative estimate of drug-likeness (QED) is 0.307. The highest BCUT2D eigenvalue weighted by Crippen LogP contribution is 2.27. The van der Waals surface area contributed by atoms with Crippen LogP contribution in [0.4, 0.5) is 4.39 Å². The van der Waals surface area contributed by atoms with Crippen LogP contribution >= 0.6 is 24.4 Å². The van der Waals surface area contributed by atoms with Crippen molar-refractivity contribution >= 4 is 42.3 Å². The maximum Gasteiger partial charge on any atom is 0.328 e. The number of hydrogen-bond donors (Lipinski definition) is 3. The van der Waals surface area contributed by atoms with Crippen molar-refractivity contribution in [2.24, 2.45) is 0 Å². The molecule has 35 heavy (non-hydrogen) atoms. The molecule has 1 heterocycles. The monoisotopic (exact) mass is 516 g/mol. The average Bonchev–Trinajstić information content (AvgIpc) is 3.25. The molecule has 1 amide bonds. The third-order valence-corrected chi connectivity index (χ3v) is 6.70. The lowest BCUT2D eigenvalue weighted by atomic mass is 9.96. The number of benzene rings is 2. The summed E-state index contributed by atoms with van der Waals surface area (Å²) in [5, 5.41) is 6.60. The van der Waals surface area contributed by atoms with Crippen LogP contribution in [0.3, 0.4) is 0 Å². The summed E-state index contributed by atoms with van der Waals surface area (Å²) < 4.78 is 18.9. The van der Waals surface area contributed by atoms with Crippen molar-refractivity contribution in [2.75, 3.05) is 18.6 Å². The van der Waals surface area contributed by atoms with Gasteiger partial charge < -0.3 is 15.4 Å². The van der Waals surface area contributed by atoms with Gasteiger partial charge in [0, 0.05) is 23.4 Å². The predicted octanol–water partition coefficient (Wildman–Crippen LogP) is 4.97. The van der Waals surface area contributed by atoms with Gasteiger partial charge >= 0.3 is 5.97 Å². The molecule has 1 fully saturated rings. The van der Waals surface area contributed by atoms with E-state index in [9.17, 15) is 14.0 Å². The average molecular weight is 517 g/mol. The lowest BCUT2D eigenvalue weighted by Crippen LogP contribution is -2.43. The second-order valence-corrected chi connectivity index (χ2v) is 10.6. The highest BCUT2D eigenvalue weighted by molar-refractivity contribution is 7.98. The lowest BCUT2D eigenvalue weighted by Gasteiger charge is -2.20. The summed E-state index contributed by atoms with van der Waals surface area (Å²) in [5.41, 5.74) is 2.71. The van der Waals surface area contributed by atoms with Crippen LogP contribution in [0.25, 0.3) is 17.2 Å². The van der Waals surface area contributed by atoms with E-state index in [0.29, 0.717) is 34.1 Å². The van der Waals surface area contributed by atoms with E-state index in [1.54, 1.807) is 43.8 Å². The Kier molecular flexibility index (Phi) is 10.2. The van der Waals surface area contributed by atoms with Crippen molar-refractivity contribution in [2.45, 2.75) is 50.1 Å². The Morgan fingerprint density at radius 3 is 2.63 bits per heavy atom. The molecule has 2 aromatic rings. The summed E-state index contributed by atoms with van der Waals surface area (Å²) in [6.45, 7) is 4.43. The van der Waals surface area contributed by atoms with Crippen LogP contribution in [0.2, 0.25) is 0 Å². The van der Waals surface area contributed by atoms with Gasteiger partial charge in [-0.2, -0.15) is 24.4 Å². The van der Waals surface area contributed by atoms with Crippen LogP contribution in [0.1, 0.15) is 42.6 Å². The molecule has 0 aliphatic carbocycles. The highest BCUT2D eigenvalue weighted by atomic mass is 32.2. The number of esters is 1. The van der Waals surface area contributed by atoms with E-state index < -0.39 is 12.0 Å². The van der Waals surface area contributed by atoms with Crippen molar-refractivity contribution in [3.63, 3.8) is 0 Å². The molecule has 2 N–H and O–H groups in total. The zero-order chi connectivity index (χ0) is 25.4. The first-order chi connectivity index (χ1) is 16.8. The minimum atomic E-state index is -0.749. The van der Waals surface area contributed by atoms with Crippen LogP contribution < -0.4 is 10.6 Å². The lowest BCUT2D eigenvalue weighted by molar-refractivity contribution is -0.149. The summed E-state index contributed by atoms with van der Waals surface area (Å²) >= 11 is 6.11. The normalized spacial score (nSPS) is 18.7. The van der Waals surface area contributed by atoms with E-state index in [4.69, 9.17) is 4.74 Å². The van der Waals surface area contributed by atoms with Crippen molar-refractivity contribution in [1.82, 2.24) is 10.6 Å². The number of thiol groups is 1. The third-order valence-electron chi connectivity index (χ3n) is 5.66. The Balaban J connectivity index is 1.89. The molecule has 3 rings (SSSR count). The van der Waals surface area contributed by atoms with Gasteiger partial charge in [0.25, 0.3) is 5.91 Å². The molecule has 0 aromatic heterocycles. The number of halogens is 1. The Morgan fingerprint density at radius 1 is 1.26 bits per heavy atom. The van der Waals surface area contributed by atoms with Crippen LogP contribution in [-0.4, -0.2) is 53.9 Å². The third kappa shape index (κ3) is 8.12. The number of amides is 1. The van der Waals surface area contributed by atoms with Gasteiger partial charge in [-0.1, -0.05) is 30.4 Å². The van der Waals surface area contributed by atoms with E-state index in [-0.39, 0.29) is 23.9 Å². The summed E-state index contributed by atoms with van der Waals surface area (Å²) in [6, 6.07) is 11.1. The SMILES string of the molecule is CSCCC(NC(=O)c1ccc(/C=C/[C@@H]2C[C@H](S)CN2)cc1-c1ccc(F)cc1)C(=O)OC(C)C. The standard InChI is InChI=1S/C27H33FN2O3S2/c1-17(2)33-27(32)25(12-13-35-3)30-26(31)23-11-5-18(4-10-21-15-22(34)16-29-21)14-24(23)19-6-8-20(28)9-7-19/h4-11,14,17,21-22,25,29,34H,12-13,15-16H2,1-3H3,(H,30,31)/b10-4+/t21-,22+,25?/m1/s1. The molecule has 1 aliphatic rings. The van der Waals surface area contributed by atoms with Gasteiger partial charge in [-0.15, -0.1) is 0 Å². The molecule has 0 bridgehead atoms. The Hall–Kier alpha value is -2.29. The van der Waals surface area contributed by atoms with Gasteiger partial charge in [-0.25, -0.2) is 9.18 Å². The smallest absolute Gasteiger partial charge is 0.328 e. The molecular weight excluding hydrogens is 483 g/mol. The summed E-state index contributed by atoms with van der Waals surface area (Å²) in [6.07, 6.45) is 7.20. The first-order valence-corrected chi connectivity index (χ1v) is 13.7. The highest BCUT2D eigenvalue weighted by Gasteiger charge is 2.25. The molecule has 3 atom stereocenters. The zero-order valence-corrected chi connectivity index (χ0v) is 22.0. The summed E-state index contributed by atoms with van der Waals surface area (Å²) in [7, 11) is 0. The van der Waals surface area contributed by atoms with Crippen LogP contribution in [0, 0.1) is 5.82 Å². The second kappa shape index (κ2) is 13.1. The fourth-order valence-electron chi connectivity index (χ4n) is 3.89. The number of nitrogens with one attached hydrogen (secondary N) is 2. The van der Waals surface area contributed by atoms with Gasteiger partial charge in [0.05, 0.1) is 6.10 Å². The summed E-state index contributed by atoms with van der Waals surface area (Å²) in [4.78, 5) is 25.9. The number of carbonyl (C=O) groups excluding carboxylic acids is 2. The van der Waals surface area contributed by atoms with Crippen molar-refractivity contribution < 1.29 is 18.7 Å². The van der Waals surface area contributed by atoms with Gasteiger partial charge in [-0.3, -0.25) is 4.79 Å². The largest absolute Gasteiger partial charge is 0.461 e. The van der Waals surface area contributed by atoms with Crippen molar-refractivity contribution in [1.29, 1.82) is 0 Å². The van der Waals surface area contributed by atoms with Crippen molar-refractivity contribution in [3.05, 3.63) is 65.5 Å². The molecule has 1 saturated heterocycles. The van der Waals surface area contributed by atoms with E-state index in [0.717, 1.165) is 18.5 Å². The molecule has 0 radical (unpaired) electrons. The second-order valence-electron chi connectivity index (χ2n) is 8.87. The molecule has 188 valence electrons. The molecule has 5 nitrogen and oxygen atoms in total. The van der Waals surface area contributed by atoms with Crippen molar-refractivity contribution in [3.8, 4) is 11.1 Å². The molecule has 2 aromatic carbocycles. The van der Waals surface area contributed by atoms with Gasteiger partial charge in [-0.05, 0) is 79.7 Å². The minimum Gasteiger partial charge on any atom is -0.461 e. The number of hydrogen-bond acceptors (Lipinski definition) is 6. The maximum atomic E-state index is 13.6. The zero-order valence-electron chi connectivity index (χ0n) is 20.3. The minimum absolute atomic E-state index is 0.249. The van der Waals surface area contributed by atoms with Crippen LogP contribution in [0.5, 0.6) is 0 Å².